The Hall–Kier alpha value is -2.13. The number of rotatable bonds is 6. The van der Waals surface area contributed by atoms with Gasteiger partial charge in [0.25, 0.3) is 0 Å². The fourth-order valence-corrected chi connectivity index (χ4v) is 4.36. The van der Waals surface area contributed by atoms with E-state index < -0.39 is 0 Å². The van der Waals surface area contributed by atoms with Crippen LogP contribution >= 0.6 is 11.5 Å². The van der Waals surface area contributed by atoms with Crippen LogP contribution < -0.4 is 4.90 Å². The van der Waals surface area contributed by atoms with Crippen LogP contribution in [0.25, 0.3) is 21.6 Å². The van der Waals surface area contributed by atoms with E-state index in [-0.39, 0.29) is 0 Å². The van der Waals surface area contributed by atoms with Crippen molar-refractivity contribution in [1.82, 2.24) is 4.37 Å². The highest BCUT2D eigenvalue weighted by atomic mass is 32.1. The first kappa shape index (κ1) is 18.7. The number of hydrogen-bond donors (Lipinski definition) is 0. The van der Waals surface area contributed by atoms with Crippen LogP contribution in [0.15, 0.2) is 42.6 Å². The van der Waals surface area contributed by atoms with Crippen molar-refractivity contribution in [3.8, 4) is 21.6 Å². The molecule has 0 aliphatic rings. The third-order valence-electron chi connectivity index (χ3n) is 5.08. The molecule has 0 aliphatic heterocycles. The molecule has 2 nitrogen and oxygen atoms in total. The molecule has 0 radical (unpaired) electrons. The maximum atomic E-state index is 4.52. The summed E-state index contributed by atoms with van der Waals surface area (Å²) in [7, 11) is 4.14. The van der Waals surface area contributed by atoms with Crippen molar-refractivity contribution in [3.63, 3.8) is 0 Å². The zero-order valence-corrected chi connectivity index (χ0v) is 17.3. The summed E-state index contributed by atoms with van der Waals surface area (Å²) in [5, 5.41) is 0. The summed E-state index contributed by atoms with van der Waals surface area (Å²) in [6, 6.07) is 13.5. The molecule has 3 rings (SSSR count). The van der Waals surface area contributed by atoms with Crippen LogP contribution in [0.1, 0.15) is 37.5 Å². The first-order valence-electron chi connectivity index (χ1n) is 9.46. The summed E-state index contributed by atoms with van der Waals surface area (Å²) >= 11 is 1.60. The highest BCUT2D eigenvalue weighted by Gasteiger charge is 2.14. The Morgan fingerprint density at radius 3 is 1.96 bits per heavy atom. The molecule has 1 heterocycles. The van der Waals surface area contributed by atoms with Gasteiger partial charge in [-0.1, -0.05) is 32.9 Å². The first-order chi connectivity index (χ1) is 12.6. The van der Waals surface area contributed by atoms with E-state index in [1.54, 1.807) is 11.5 Å². The molecule has 2 aromatic carbocycles. The molecular weight excluding hydrogens is 336 g/mol. The van der Waals surface area contributed by atoms with Gasteiger partial charge in [0.2, 0.25) is 0 Å². The molecule has 0 bridgehead atoms. The Balaban J connectivity index is 2.08. The Morgan fingerprint density at radius 1 is 0.846 bits per heavy atom. The van der Waals surface area contributed by atoms with E-state index in [1.807, 2.05) is 6.20 Å². The first-order valence-corrected chi connectivity index (χ1v) is 10.2. The highest BCUT2D eigenvalue weighted by Crippen LogP contribution is 2.37. The number of aromatic nitrogens is 1. The lowest BCUT2D eigenvalue weighted by Gasteiger charge is -2.15. The fourth-order valence-electron chi connectivity index (χ4n) is 3.61. The zero-order valence-electron chi connectivity index (χ0n) is 16.5. The molecular formula is C23H28N2S. The molecule has 26 heavy (non-hydrogen) atoms. The van der Waals surface area contributed by atoms with Crippen molar-refractivity contribution < 1.29 is 0 Å². The SMILES string of the molecule is CCc1cc(-c2sncc2-c2ccc(N(C)C)cc2)cc(CC)c1CC. The molecule has 136 valence electrons. The standard InChI is InChI=1S/C23H28N2S/c1-6-16-13-19(14-17(7-2)21(16)8-3)23-22(15-24-26-23)18-9-11-20(12-10-18)25(4)5/h9-15H,6-8H2,1-5H3. The normalized spacial score (nSPS) is 11.0. The molecule has 0 spiro atoms. The van der Waals surface area contributed by atoms with Crippen molar-refractivity contribution in [2.24, 2.45) is 0 Å². The van der Waals surface area contributed by atoms with E-state index in [0.717, 1.165) is 19.3 Å². The van der Waals surface area contributed by atoms with E-state index in [1.165, 1.54) is 43.9 Å². The third kappa shape index (κ3) is 3.54. The van der Waals surface area contributed by atoms with Crippen LogP contribution in [0.3, 0.4) is 0 Å². The number of nitrogens with zero attached hydrogens (tertiary/aromatic N) is 2. The monoisotopic (exact) mass is 364 g/mol. The molecule has 1 aromatic heterocycles. The van der Waals surface area contributed by atoms with E-state index in [2.05, 4.69) is 80.5 Å². The number of hydrogen-bond acceptors (Lipinski definition) is 3. The van der Waals surface area contributed by atoms with Crippen LogP contribution in [0.4, 0.5) is 5.69 Å². The Bertz CT molecular complexity index is 850. The summed E-state index contributed by atoms with van der Waals surface area (Å²) in [6.45, 7) is 6.77. The van der Waals surface area contributed by atoms with Crippen molar-refractivity contribution in [3.05, 3.63) is 59.3 Å². The summed E-state index contributed by atoms with van der Waals surface area (Å²) < 4.78 is 4.52. The Morgan fingerprint density at radius 2 is 1.46 bits per heavy atom. The second-order valence-corrected chi connectivity index (χ2v) is 7.65. The van der Waals surface area contributed by atoms with Crippen LogP contribution in [0, 0.1) is 0 Å². The van der Waals surface area contributed by atoms with Gasteiger partial charge >= 0.3 is 0 Å². The van der Waals surface area contributed by atoms with E-state index in [0.29, 0.717) is 0 Å². The van der Waals surface area contributed by atoms with Gasteiger partial charge in [0.1, 0.15) is 0 Å². The van der Waals surface area contributed by atoms with Gasteiger partial charge in [-0.3, -0.25) is 0 Å². The molecule has 0 aliphatic carbocycles. The Kier molecular flexibility index (Phi) is 5.77. The predicted octanol–water partition coefficient (Wildman–Crippen LogP) is 6.23. The van der Waals surface area contributed by atoms with Crippen molar-refractivity contribution in [1.29, 1.82) is 0 Å². The molecule has 0 N–H and O–H groups in total. The van der Waals surface area contributed by atoms with Gasteiger partial charge in [0, 0.05) is 31.5 Å². The zero-order chi connectivity index (χ0) is 18.7. The smallest absolute Gasteiger partial charge is 0.0628 e. The van der Waals surface area contributed by atoms with Gasteiger partial charge in [-0.25, -0.2) is 0 Å². The fraction of sp³-hybridized carbons (Fsp3) is 0.348. The lowest BCUT2D eigenvalue weighted by atomic mass is 9.91. The van der Waals surface area contributed by atoms with Crippen molar-refractivity contribution in [2.75, 3.05) is 19.0 Å². The number of benzene rings is 2. The van der Waals surface area contributed by atoms with Crippen LogP contribution in [0.2, 0.25) is 0 Å². The minimum Gasteiger partial charge on any atom is -0.378 e. The quantitative estimate of drug-likeness (QED) is 0.515. The molecule has 0 amide bonds. The third-order valence-corrected chi connectivity index (χ3v) is 5.93. The average molecular weight is 365 g/mol. The maximum Gasteiger partial charge on any atom is 0.0628 e. The summed E-state index contributed by atoms with van der Waals surface area (Å²) in [5.74, 6) is 0. The lowest BCUT2D eigenvalue weighted by Crippen LogP contribution is -2.07. The molecule has 0 saturated heterocycles. The summed E-state index contributed by atoms with van der Waals surface area (Å²) in [5.41, 5.74) is 9.47. The minimum atomic E-state index is 1.08. The van der Waals surface area contributed by atoms with Gasteiger partial charge in [-0.15, -0.1) is 0 Å². The summed E-state index contributed by atoms with van der Waals surface area (Å²) in [6.07, 6.45) is 5.27. The largest absolute Gasteiger partial charge is 0.378 e. The second kappa shape index (κ2) is 8.05. The molecule has 3 aromatic rings. The van der Waals surface area contributed by atoms with E-state index in [4.69, 9.17) is 0 Å². The van der Waals surface area contributed by atoms with Gasteiger partial charge in [0.05, 0.1) is 4.88 Å². The van der Waals surface area contributed by atoms with Gasteiger partial charge in [0.15, 0.2) is 0 Å². The second-order valence-electron chi connectivity index (χ2n) is 6.84. The molecule has 0 saturated carbocycles. The van der Waals surface area contributed by atoms with Gasteiger partial charge in [-0.2, -0.15) is 4.37 Å². The lowest BCUT2D eigenvalue weighted by molar-refractivity contribution is 0.983. The van der Waals surface area contributed by atoms with E-state index in [9.17, 15) is 0 Å². The number of aryl methyl sites for hydroxylation is 2. The van der Waals surface area contributed by atoms with Crippen molar-refractivity contribution in [2.45, 2.75) is 40.0 Å². The van der Waals surface area contributed by atoms with Crippen LogP contribution in [0.5, 0.6) is 0 Å². The highest BCUT2D eigenvalue weighted by molar-refractivity contribution is 7.10. The predicted molar refractivity (Wildman–Crippen MR) is 115 cm³/mol. The summed E-state index contributed by atoms with van der Waals surface area (Å²) in [4.78, 5) is 3.40. The van der Waals surface area contributed by atoms with Crippen LogP contribution in [-0.4, -0.2) is 18.5 Å². The Labute approximate surface area is 161 Å². The molecule has 3 heteroatoms. The van der Waals surface area contributed by atoms with Gasteiger partial charge in [-0.05, 0) is 82.9 Å². The average Bonchev–Trinajstić information content (AvgIpc) is 3.16. The van der Waals surface area contributed by atoms with Gasteiger partial charge < -0.3 is 4.90 Å². The van der Waals surface area contributed by atoms with Crippen LogP contribution in [-0.2, 0) is 19.3 Å². The molecule has 0 atom stereocenters. The van der Waals surface area contributed by atoms with Crippen molar-refractivity contribution >= 4 is 17.2 Å². The van der Waals surface area contributed by atoms with E-state index >= 15 is 0 Å². The molecule has 0 fully saturated rings. The minimum absolute atomic E-state index is 1.08. The maximum absolute atomic E-state index is 4.52. The topological polar surface area (TPSA) is 16.1 Å². The number of anilines is 1. The molecule has 0 unspecified atom stereocenters.